The molecule has 1 aliphatic rings. The summed E-state index contributed by atoms with van der Waals surface area (Å²) in [4.78, 5) is 12.7. The third-order valence-corrected chi connectivity index (χ3v) is 10.5. The van der Waals surface area contributed by atoms with Crippen molar-refractivity contribution in [1.29, 1.82) is 0 Å². The van der Waals surface area contributed by atoms with Crippen molar-refractivity contribution in [3.05, 3.63) is 119 Å². The summed E-state index contributed by atoms with van der Waals surface area (Å²) in [6.45, 7) is 2.43. The lowest BCUT2D eigenvalue weighted by atomic mass is 9.92. The SMILES string of the molecule is C=C(C(C)=O)[C@H](c1ccc(Br)cc1)[P+]1([S-])Oc2ccc3ccccc3c2-c2c(ccc3ccccc23)O1. The minimum atomic E-state index is -3.24. The zero-order valence-corrected chi connectivity index (χ0v) is 23.3. The van der Waals surface area contributed by atoms with Crippen LogP contribution in [-0.2, 0) is 17.0 Å². The fourth-order valence-corrected chi connectivity index (χ4v) is 8.68. The first kappa shape index (κ1) is 24.2. The number of halogens is 1. The Kier molecular flexibility index (Phi) is 6.11. The van der Waals surface area contributed by atoms with Gasteiger partial charge in [-0.2, -0.15) is 0 Å². The number of hydrogen-bond donors (Lipinski definition) is 0. The molecule has 1 heterocycles. The van der Waals surface area contributed by atoms with Gasteiger partial charge in [0.1, 0.15) is 0 Å². The van der Waals surface area contributed by atoms with Crippen LogP contribution in [0.5, 0.6) is 11.5 Å². The summed E-state index contributed by atoms with van der Waals surface area (Å²) < 4.78 is 14.5. The van der Waals surface area contributed by atoms with Gasteiger partial charge in [-0.3, -0.25) is 4.79 Å². The summed E-state index contributed by atoms with van der Waals surface area (Å²) in [6, 6.07) is 32.2. The number of fused-ring (bicyclic) bond motifs is 7. The van der Waals surface area contributed by atoms with Crippen molar-refractivity contribution in [3.63, 3.8) is 0 Å². The number of rotatable bonds is 4. The summed E-state index contributed by atoms with van der Waals surface area (Å²) in [5.41, 5.74) is 2.47. The van der Waals surface area contributed by atoms with E-state index in [1.165, 1.54) is 6.92 Å². The second-order valence-electron chi connectivity index (χ2n) is 9.08. The predicted octanol–water partition coefficient (Wildman–Crippen LogP) is 9.39. The Morgan fingerprint density at radius 3 is 1.76 bits per heavy atom. The molecule has 5 aromatic carbocycles. The first-order valence-electron chi connectivity index (χ1n) is 11.8. The Hall–Kier alpha value is -3.11. The van der Waals surface area contributed by atoms with E-state index in [-0.39, 0.29) is 5.78 Å². The fourth-order valence-electron chi connectivity index (χ4n) is 4.98. The Bertz CT molecular complexity index is 1630. The van der Waals surface area contributed by atoms with Crippen LogP contribution in [0.3, 0.4) is 0 Å². The molecule has 0 aliphatic carbocycles. The van der Waals surface area contributed by atoms with Gasteiger partial charge in [0.05, 0.1) is 0 Å². The van der Waals surface area contributed by atoms with Crippen LogP contribution in [0.15, 0.2) is 114 Å². The number of Topliss-reactive ketones (excluding diaryl/α,β-unsaturated/α-hetero) is 1. The molecule has 6 rings (SSSR count). The standard InChI is InChI=1S/C31H22BrO3PS/c1-19(20(2)33)31(23-11-15-24(32)16-12-23)36(37)34-27-17-13-21-7-3-5-9-25(21)29(27)30-26-10-6-4-8-22(26)14-18-28(30)35-36/h3-18,31H,1H2,2H3/t31-/m1/s1. The van der Waals surface area contributed by atoms with Crippen LogP contribution < -0.4 is 9.05 Å². The molecule has 37 heavy (non-hydrogen) atoms. The molecule has 0 radical (unpaired) electrons. The molecule has 3 nitrogen and oxygen atoms in total. The van der Waals surface area contributed by atoms with Gasteiger partial charge in [-0.15, -0.1) is 0 Å². The lowest BCUT2D eigenvalue weighted by Crippen LogP contribution is -2.19. The van der Waals surface area contributed by atoms with Gasteiger partial charge >= 0.3 is 0 Å². The lowest BCUT2D eigenvalue weighted by molar-refractivity contribution is -0.113. The van der Waals surface area contributed by atoms with Crippen LogP contribution in [0.1, 0.15) is 18.1 Å². The van der Waals surface area contributed by atoms with E-state index in [2.05, 4.69) is 46.8 Å². The number of ketones is 1. The maximum absolute atomic E-state index is 12.7. The van der Waals surface area contributed by atoms with E-state index >= 15 is 0 Å². The van der Waals surface area contributed by atoms with Crippen LogP contribution >= 0.6 is 22.8 Å². The summed E-state index contributed by atoms with van der Waals surface area (Å²) >= 11 is 9.81. The van der Waals surface area contributed by atoms with Gasteiger partial charge in [-0.1, -0.05) is 95.3 Å². The molecule has 0 fully saturated rings. The highest BCUT2D eigenvalue weighted by Crippen LogP contribution is 2.73. The first-order chi connectivity index (χ1) is 17.9. The third kappa shape index (κ3) is 4.16. The molecule has 0 N–H and O–H groups in total. The molecule has 0 aromatic heterocycles. The minimum absolute atomic E-state index is 0.147. The molecule has 1 aliphatic heterocycles. The summed E-state index contributed by atoms with van der Waals surface area (Å²) in [5.74, 6) is 1.15. The van der Waals surface area contributed by atoms with Crippen LogP contribution in [-0.4, -0.2) is 5.78 Å². The topological polar surface area (TPSA) is 35.5 Å². The zero-order chi connectivity index (χ0) is 25.7. The van der Waals surface area contributed by atoms with Crippen LogP contribution in [0.2, 0.25) is 0 Å². The third-order valence-electron chi connectivity index (χ3n) is 6.77. The second-order valence-corrected chi connectivity index (χ2v) is 13.5. The maximum atomic E-state index is 12.7. The summed E-state index contributed by atoms with van der Waals surface area (Å²) in [6.07, 6.45) is 0. The number of benzene rings is 5. The Morgan fingerprint density at radius 2 is 1.27 bits per heavy atom. The molecular weight excluding hydrogens is 563 g/mol. The molecule has 0 spiro atoms. The lowest BCUT2D eigenvalue weighted by Gasteiger charge is -2.35. The smallest absolute Gasteiger partial charge is 0.263 e. The highest BCUT2D eigenvalue weighted by molar-refractivity contribution is 9.10. The van der Waals surface area contributed by atoms with Gasteiger partial charge in [0.2, 0.25) is 0 Å². The van der Waals surface area contributed by atoms with Crippen molar-refractivity contribution in [2.75, 3.05) is 0 Å². The summed E-state index contributed by atoms with van der Waals surface area (Å²) in [5, 5.41) is 4.29. The van der Waals surface area contributed by atoms with Crippen molar-refractivity contribution in [3.8, 4) is 22.6 Å². The predicted molar refractivity (Wildman–Crippen MR) is 159 cm³/mol. The quantitative estimate of drug-likeness (QED) is 0.120. The van der Waals surface area contributed by atoms with Crippen molar-refractivity contribution < 1.29 is 13.8 Å². The monoisotopic (exact) mass is 584 g/mol. The Morgan fingerprint density at radius 1 is 0.784 bits per heavy atom. The van der Waals surface area contributed by atoms with E-state index in [9.17, 15) is 4.79 Å². The molecule has 0 saturated heterocycles. The van der Waals surface area contributed by atoms with Gasteiger partial charge < -0.3 is 21.3 Å². The highest BCUT2D eigenvalue weighted by atomic mass is 79.9. The zero-order valence-electron chi connectivity index (χ0n) is 20.0. The van der Waals surface area contributed by atoms with Gasteiger partial charge in [0.15, 0.2) is 22.9 Å². The van der Waals surface area contributed by atoms with E-state index in [1.54, 1.807) is 0 Å². The minimum Gasteiger partial charge on any atom is -0.472 e. The number of carbonyl (C=O) groups is 1. The molecular formula is C31H22BrO3PS. The molecule has 0 unspecified atom stereocenters. The van der Waals surface area contributed by atoms with E-state index in [0.29, 0.717) is 17.1 Å². The first-order valence-corrected chi connectivity index (χ1v) is 15.3. The van der Waals surface area contributed by atoms with E-state index < -0.39 is 12.6 Å². The van der Waals surface area contributed by atoms with E-state index in [1.807, 2.05) is 72.8 Å². The van der Waals surface area contributed by atoms with Crippen molar-refractivity contribution >= 4 is 62.4 Å². The molecule has 1 atom stereocenters. The van der Waals surface area contributed by atoms with Gasteiger partial charge in [0.25, 0.3) is 6.92 Å². The number of carbonyl (C=O) groups excluding carboxylic acids is 1. The second kappa shape index (κ2) is 9.33. The molecule has 182 valence electrons. The van der Waals surface area contributed by atoms with Crippen molar-refractivity contribution in [1.82, 2.24) is 0 Å². The number of allylic oxidation sites excluding steroid dienone is 1. The highest BCUT2D eigenvalue weighted by Gasteiger charge is 2.48. The largest absolute Gasteiger partial charge is 0.472 e. The van der Waals surface area contributed by atoms with Crippen LogP contribution in [0.4, 0.5) is 0 Å². The fraction of sp³-hybridized carbons (Fsp3) is 0.0645. The van der Waals surface area contributed by atoms with E-state index in [0.717, 1.165) is 42.7 Å². The van der Waals surface area contributed by atoms with Crippen LogP contribution in [0.25, 0.3) is 32.7 Å². The van der Waals surface area contributed by atoms with Crippen molar-refractivity contribution in [2.45, 2.75) is 12.6 Å². The van der Waals surface area contributed by atoms with Gasteiger partial charge in [-0.25, -0.2) is 0 Å². The van der Waals surface area contributed by atoms with E-state index in [4.69, 9.17) is 21.3 Å². The Labute approximate surface area is 229 Å². The molecule has 5 aromatic rings. The van der Waals surface area contributed by atoms with Crippen LogP contribution in [0, 0.1) is 0 Å². The molecule has 0 bridgehead atoms. The van der Waals surface area contributed by atoms with Gasteiger partial charge in [-0.05, 0) is 52.7 Å². The average molecular weight is 585 g/mol. The summed E-state index contributed by atoms with van der Waals surface area (Å²) in [7, 11) is 0. The Balaban J connectivity index is 1.67. The number of hydrogen-bond acceptors (Lipinski definition) is 4. The molecule has 0 amide bonds. The molecule has 0 saturated carbocycles. The van der Waals surface area contributed by atoms with Crippen molar-refractivity contribution in [2.24, 2.45) is 0 Å². The molecule has 6 heteroatoms. The maximum Gasteiger partial charge on any atom is 0.263 e. The van der Waals surface area contributed by atoms with Gasteiger partial charge in [0, 0.05) is 26.7 Å². The average Bonchev–Trinajstić information content (AvgIpc) is 3.03. The normalized spacial score (nSPS) is 14.6.